The number of nitrogens with zero attached hydrogens (tertiary/aromatic N) is 1. The number of hydrogen-bond acceptors (Lipinski definition) is 6. The van der Waals surface area contributed by atoms with Crippen LogP contribution in [-0.4, -0.2) is 83.5 Å². The summed E-state index contributed by atoms with van der Waals surface area (Å²) >= 11 is 0. The van der Waals surface area contributed by atoms with Gasteiger partial charge in [-0.15, -0.1) is 12.8 Å². The molecule has 0 aromatic heterocycles. The van der Waals surface area contributed by atoms with Crippen molar-refractivity contribution in [2.75, 3.05) is 32.7 Å². The standard InChI is InChI=1S/C19H32N4O7.C7H14.C2H2/c1-2-23(16(25)5-3-4-13-6-8-20-9-7-13)12-15(24)22-14(10-17(26)27)19(30)21-11-18(28)29;1-7-5-3-2-4-6-7;1-2/h13-14,20H,2-12H2,1H3,(H,21,30)(H,22,24)(H,26,27)(H,28,29);7H,2-6H2,1H3;1-2H. The first-order valence-corrected chi connectivity index (χ1v) is 13.9. The molecule has 1 unspecified atom stereocenters. The first-order valence-electron chi connectivity index (χ1n) is 13.9. The monoisotopic (exact) mass is 552 g/mol. The van der Waals surface area contributed by atoms with Gasteiger partial charge in [0.25, 0.3) is 0 Å². The van der Waals surface area contributed by atoms with E-state index in [0.29, 0.717) is 18.9 Å². The summed E-state index contributed by atoms with van der Waals surface area (Å²) in [5, 5.41) is 25.1. The van der Waals surface area contributed by atoms with Gasteiger partial charge in [0.1, 0.15) is 12.6 Å². The predicted molar refractivity (Wildman–Crippen MR) is 149 cm³/mol. The number of aliphatic carboxylic acids is 2. The Morgan fingerprint density at radius 1 is 0.974 bits per heavy atom. The number of likely N-dealkylation sites (N-methyl/N-ethyl adjacent to an activating group) is 1. The van der Waals surface area contributed by atoms with Crippen LogP contribution < -0.4 is 16.0 Å². The largest absolute Gasteiger partial charge is 0.481 e. The molecular weight excluding hydrogens is 504 g/mol. The highest BCUT2D eigenvalue weighted by Gasteiger charge is 2.25. The van der Waals surface area contributed by atoms with Gasteiger partial charge in [0.05, 0.1) is 13.0 Å². The van der Waals surface area contributed by atoms with Crippen molar-refractivity contribution in [1.29, 1.82) is 0 Å². The van der Waals surface area contributed by atoms with Crippen molar-refractivity contribution in [1.82, 2.24) is 20.9 Å². The van der Waals surface area contributed by atoms with E-state index in [1.807, 2.05) is 5.32 Å². The average Bonchev–Trinajstić information content (AvgIpc) is 2.92. The van der Waals surface area contributed by atoms with E-state index in [-0.39, 0.29) is 12.5 Å². The second-order valence-corrected chi connectivity index (χ2v) is 10.1. The summed E-state index contributed by atoms with van der Waals surface area (Å²) in [5.41, 5.74) is 0. The molecule has 3 amide bonds. The van der Waals surface area contributed by atoms with Crippen molar-refractivity contribution in [2.24, 2.45) is 11.8 Å². The molecule has 0 spiro atoms. The zero-order valence-electron chi connectivity index (χ0n) is 23.6. The highest BCUT2D eigenvalue weighted by Crippen LogP contribution is 2.22. The molecule has 0 aromatic rings. The SMILES string of the molecule is C#C.CC1CCCCC1.CCN(CC(=O)NC(CC(=O)O)C(=O)NCC(=O)O)C(=O)CCCC1CCNCC1. The Bertz CT molecular complexity index is 775. The van der Waals surface area contributed by atoms with Gasteiger partial charge in [0, 0.05) is 13.0 Å². The number of piperidine rings is 1. The molecule has 1 saturated carbocycles. The molecule has 1 aliphatic heterocycles. The fourth-order valence-electron chi connectivity index (χ4n) is 4.64. The summed E-state index contributed by atoms with van der Waals surface area (Å²) < 4.78 is 0. The number of carboxylic acid groups (broad SMARTS) is 2. The van der Waals surface area contributed by atoms with Crippen LogP contribution in [0.5, 0.6) is 0 Å². The van der Waals surface area contributed by atoms with Crippen LogP contribution >= 0.6 is 0 Å². The minimum absolute atomic E-state index is 0.174. The van der Waals surface area contributed by atoms with Crippen molar-refractivity contribution in [3.05, 3.63) is 0 Å². The highest BCUT2D eigenvalue weighted by molar-refractivity contribution is 5.93. The van der Waals surface area contributed by atoms with Crippen molar-refractivity contribution >= 4 is 29.7 Å². The number of amides is 3. The number of carbonyl (C=O) groups is 5. The Kier molecular flexibility index (Phi) is 20.0. The zero-order chi connectivity index (χ0) is 29.6. The summed E-state index contributed by atoms with van der Waals surface area (Å²) in [5.74, 6) is -2.74. The van der Waals surface area contributed by atoms with Gasteiger partial charge in [-0.05, 0) is 57.5 Å². The molecule has 0 aromatic carbocycles. The molecule has 222 valence electrons. The normalized spacial score (nSPS) is 16.2. The molecule has 1 saturated heterocycles. The lowest BCUT2D eigenvalue weighted by Crippen LogP contribution is -2.51. The summed E-state index contributed by atoms with van der Waals surface area (Å²) in [6.07, 6.45) is 19.0. The van der Waals surface area contributed by atoms with Crippen molar-refractivity contribution in [3.63, 3.8) is 0 Å². The number of hydrogen-bond donors (Lipinski definition) is 5. The van der Waals surface area contributed by atoms with Crippen LogP contribution in [0.4, 0.5) is 0 Å². The van der Waals surface area contributed by atoms with Gasteiger partial charge in [-0.25, -0.2) is 0 Å². The van der Waals surface area contributed by atoms with E-state index < -0.39 is 42.8 Å². The minimum atomic E-state index is -1.43. The summed E-state index contributed by atoms with van der Waals surface area (Å²) in [4.78, 5) is 59.5. The van der Waals surface area contributed by atoms with Crippen LogP contribution in [0, 0.1) is 24.7 Å². The molecule has 0 bridgehead atoms. The summed E-state index contributed by atoms with van der Waals surface area (Å²) in [6, 6.07) is -1.43. The second kappa shape index (κ2) is 21.8. The number of nitrogens with one attached hydrogen (secondary N) is 3. The van der Waals surface area contributed by atoms with Crippen LogP contribution in [0.15, 0.2) is 0 Å². The van der Waals surface area contributed by atoms with E-state index >= 15 is 0 Å². The fourth-order valence-corrected chi connectivity index (χ4v) is 4.64. The molecule has 1 atom stereocenters. The molecule has 2 aliphatic rings. The zero-order valence-corrected chi connectivity index (χ0v) is 23.6. The third-order valence-corrected chi connectivity index (χ3v) is 6.87. The topological polar surface area (TPSA) is 165 Å². The first-order chi connectivity index (χ1) is 18.6. The average molecular weight is 553 g/mol. The Morgan fingerprint density at radius 3 is 2.08 bits per heavy atom. The quantitative estimate of drug-likeness (QED) is 0.216. The van der Waals surface area contributed by atoms with Crippen LogP contribution in [0.2, 0.25) is 0 Å². The van der Waals surface area contributed by atoms with Crippen molar-refractivity contribution < 1.29 is 34.2 Å². The highest BCUT2D eigenvalue weighted by atomic mass is 16.4. The molecule has 1 heterocycles. The Morgan fingerprint density at radius 2 is 1.59 bits per heavy atom. The third-order valence-electron chi connectivity index (χ3n) is 6.87. The molecule has 39 heavy (non-hydrogen) atoms. The number of carbonyl (C=O) groups excluding carboxylic acids is 3. The van der Waals surface area contributed by atoms with Crippen LogP contribution in [0.3, 0.4) is 0 Å². The molecule has 1 aliphatic carbocycles. The lowest BCUT2D eigenvalue weighted by Gasteiger charge is -2.24. The van der Waals surface area contributed by atoms with Crippen LogP contribution in [0.1, 0.15) is 84.5 Å². The smallest absolute Gasteiger partial charge is 0.322 e. The van der Waals surface area contributed by atoms with Gasteiger partial charge in [-0.2, -0.15) is 0 Å². The van der Waals surface area contributed by atoms with Gasteiger partial charge in [0.2, 0.25) is 17.7 Å². The van der Waals surface area contributed by atoms with Gasteiger partial charge in [-0.1, -0.05) is 39.0 Å². The Balaban J connectivity index is 0.00000136. The van der Waals surface area contributed by atoms with E-state index in [2.05, 4.69) is 30.4 Å². The Labute approximate surface area is 232 Å². The first kappa shape index (κ1) is 35.9. The lowest BCUT2D eigenvalue weighted by atomic mass is 9.91. The molecule has 11 nitrogen and oxygen atoms in total. The minimum Gasteiger partial charge on any atom is -0.481 e. The fraction of sp³-hybridized carbons (Fsp3) is 0.750. The third kappa shape index (κ3) is 17.9. The number of rotatable bonds is 13. The van der Waals surface area contributed by atoms with E-state index in [9.17, 15) is 24.0 Å². The van der Waals surface area contributed by atoms with E-state index in [1.165, 1.54) is 37.0 Å². The van der Waals surface area contributed by atoms with E-state index in [4.69, 9.17) is 10.2 Å². The van der Waals surface area contributed by atoms with Gasteiger partial charge < -0.3 is 31.1 Å². The van der Waals surface area contributed by atoms with Gasteiger partial charge in [0.15, 0.2) is 0 Å². The maximum atomic E-state index is 12.4. The number of terminal acetylenes is 1. The second-order valence-electron chi connectivity index (χ2n) is 10.1. The molecule has 0 radical (unpaired) electrons. The maximum Gasteiger partial charge on any atom is 0.322 e. The number of carboxylic acids is 2. The lowest BCUT2D eigenvalue weighted by molar-refractivity contribution is -0.142. The summed E-state index contributed by atoms with van der Waals surface area (Å²) in [6.45, 7) is 5.39. The summed E-state index contributed by atoms with van der Waals surface area (Å²) in [7, 11) is 0. The van der Waals surface area contributed by atoms with Gasteiger partial charge in [-0.3, -0.25) is 24.0 Å². The van der Waals surface area contributed by atoms with Crippen molar-refractivity contribution in [3.8, 4) is 12.8 Å². The Hall–Kier alpha value is -3.13. The molecule has 5 N–H and O–H groups in total. The molecular formula is C28H48N4O7. The molecule has 2 fully saturated rings. The van der Waals surface area contributed by atoms with Crippen LogP contribution in [-0.2, 0) is 24.0 Å². The molecule has 11 heteroatoms. The van der Waals surface area contributed by atoms with Crippen molar-refractivity contribution in [2.45, 2.75) is 90.5 Å². The van der Waals surface area contributed by atoms with Crippen LogP contribution in [0.25, 0.3) is 0 Å². The van der Waals surface area contributed by atoms with Gasteiger partial charge >= 0.3 is 11.9 Å². The maximum absolute atomic E-state index is 12.4. The van der Waals surface area contributed by atoms with E-state index in [0.717, 1.165) is 44.7 Å². The van der Waals surface area contributed by atoms with E-state index in [1.54, 1.807) is 6.92 Å². The molecule has 2 rings (SSSR count). The predicted octanol–water partition coefficient (Wildman–Crippen LogP) is 2.00.